The Hall–Kier alpha value is -1.34. The minimum Gasteiger partial charge on any atom is -0.379 e. The number of rotatable bonds is 9. The first-order valence-electron chi connectivity index (χ1n) is 9.73. The molecular weight excluding hydrogens is 318 g/mol. The van der Waals surface area contributed by atoms with Gasteiger partial charge in [-0.2, -0.15) is 0 Å². The van der Waals surface area contributed by atoms with E-state index in [-0.39, 0.29) is 11.8 Å². The molecule has 25 heavy (non-hydrogen) atoms. The molecule has 7 nitrogen and oxygen atoms in total. The lowest BCUT2D eigenvalue weighted by molar-refractivity contribution is -0.122. The molecule has 1 saturated carbocycles. The quantitative estimate of drug-likeness (QED) is 0.318. The van der Waals surface area contributed by atoms with Crippen molar-refractivity contribution in [2.45, 2.75) is 39.7 Å². The van der Waals surface area contributed by atoms with Gasteiger partial charge in [-0.15, -0.1) is 0 Å². The van der Waals surface area contributed by atoms with Crippen LogP contribution in [0.5, 0.6) is 0 Å². The van der Waals surface area contributed by atoms with Crippen LogP contribution in [0.15, 0.2) is 4.99 Å². The Balaban J connectivity index is 1.77. The second-order valence-electron chi connectivity index (χ2n) is 7.17. The van der Waals surface area contributed by atoms with E-state index in [0.717, 1.165) is 58.2 Å². The predicted molar refractivity (Wildman–Crippen MR) is 101 cm³/mol. The summed E-state index contributed by atoms with van der Waals surface area (Å²) in [6.45, 7) is 13.1. The molecule has 2 fully saturated rings. The van der Waals surface area contributed by atoms with E-state index in [2.05, 4.69) is 41.6 Å². The van der Waals surface area contributed by atoms with Crippen molar-refractivity contribution in [2.24, 2.45) is 16.8 Å². The van der Waals surface area contributed by atoms with E-state index < -0.39 is 0 Å². The van der Waals surface area contributed by atoms with Crippen molar-refractivity contribution in [3.05, 3.63) is 0 Å². The van der Waals surface area contributed by atoms with E-state index in [1.807, 2.05) is 0 Å². The Kier molecular flexibility index (Phi) is 8.48. The number of hydrogen-bond acceptors (Lipinski definition) is 4. The smallest absolute Gasteiger partial charge is 0.223 e. The first-order chi connectivity index (χ1) is 12.1. The number of amides is 1. The molecule has 144 valence electrons. The monoisotopic (exact) mass is 353 g/mol. The zero-order valence-corrected chi connectivity index (χ0v) is 16.0. The summed E-state index contributed by atoms with van der Waals surface area (Å²) in [5.41, 5.74) is 0. The zero-order valence-electron chi connectivity index (χ0n) is 16.0. The molecule has 2 aliphatic rings. The maximum Gasteiger partial charge on any atom is 0.223 e. The van der Waals surface area contributed by atoms with Gasteiger partial charge in [0.1, 0.15) is 0 Å². The SMILES string of the molecule is CCNC(=NCC(C(C)C)N1CCOCC1)NCCNC(=O)C1CC1. The number of hydrogen-bond donors (Lipinski definition) is 3. The van der Waals surface area contributed by atoms with Crippen LogP contribution >= 0.6 is 0 Å². The van der Waals surface area contributed by atoms with Crippen LogP contribution in [0.25, 0.3) is 0 Å². The lowest BCUT2D eigenvalue weighted by Gasteiger charge is -2.36. The normalized spacial score (nSPS) is 20.4. The summed E-state index contributed by atoms with van der Waals surface area (Å²) < 4.78 is 5.46. The Bertz CT molecular complexity index is 431. The molecule has 0 bridgehead atoms. The Morgan fingerprint density at radius 3 is 2.44 bits per heavy atom. The van der Waals surface area contributed by atoms with Crippen molar-refractivity contribution in [1.82, 2.24) is 20.9 Å². The van der Waals surface area contributed by atoms with Gasteiger partial charge in [-0.3, -0.25) is 14.7 Å². The van der Waals surface area contributed by atoms with Crippen LogP contribution in [0, 0.1) is 11.8 Å². The molecule has 2 rings (SSSR count). The third-order valence-electron chi connectivity index (χ3n) is 4.73. The number of nitrogens with one attached hydrogen (secondary N) is 3. The topological polar surface area (TPSA) is 78.0 Å². The molecule has 1 aliphatic heterocycles. The second-order valence-corrected chi connectivity index (χ2v) is 7.17. The molecule has 0 spiro atoms. The summed E-state index contributed by atoms with van der Waals surface area (Å²) in [7, 11) is 0. The molecule has 1 saturated heterocycles. The minimum absolute atomic E-state index is 0.191. The molecule has 1 unspecified atom stereocenters. The van der Waals surface area contributed by atoms with Crippen molar-refractivity contribution >= 4 is 11.9 Å². The van der Waals surface area contributed by atoms with Crippen LogP contribution in [0.4, 0.5) is 0 Å². The lowest BCUT2D eigenvalue weighted by atomic mass is 10.0. The predicted octanol–water partition coefficient (Wildman–Crippen LogP) is 0.425. The molecule has 0 aromatic rings. The Morgan fingerprint density at radius 1 is 1.16 bits per heavy atom. The fourth-order valence-electron chi connectivity index (χ4n) is 3.04. The standard InChI is InChI=1S/C18H35N5O2/c1-4-19-18(21-8-7-20-17(24)15-5-6-15)22-13-16(14(2)3)23-9-11-25-12-10-23/h14-16H,4-13H2,1-3H3,(H,20,24)(H2,19,21,22). The summed E-state index contributed by atoms with van der Waals surface area (Å²) in [5.74, 6) is 1.82. The average Bonchev–Trinajstić information content (AvgIpc) is 3.44. The van der Waals surface area contributed by atoms with Gasteiger partial charge in [-0.1, -0.05) is 13.8 Å². The van der Waals surface area contributed by atoms with Gasteiger partial charge in [-0.25, -0.2) is 0 Å². The largest absolute Gasteiger partial charge is 0.379 e. The second kappa shape index (κ2) is 10.6. The summed E-state index contributed by atoms with van der Waals surface area (Å²) in [6.07, 6.45) is 2.09. The first kappa shape index (κ1) is 20.0. The van der Waals surface area contributed by atoms with Crippen LogP contribution < -0.4 is 16.0 Å². The third-order valence-corrected chi connectivity index (χ3v) is 4.73. The average molecular weight is 354 g/mol. The fourth-order valence-corrected chi connectivity index (χ4v) is 3.04. The van der Waals surface area contributed by atoms with E-state index in [1.165, 1.54) is 0 Å². The molecule has 1 atom stereocenters. The van der Waals surface area contributed by atoms with Gasteiger partial charge in [0.15, 0.2) is 5.96 Å². The number of aliphatic imine (C=N–C) groups is 1. The Morgan fingerprint density at radius 2 is 1.84 bits per heavy atom. The molecule has 1 amide bonds. The van der Waals surface area contributed by atoms with Gasteiger partial charge >= 0.3 is 0 Å². The molecule has 0 aromatic carbocycles. The van der Waals surface area contributed by atoms with E-state index in [9.17, 15) is 4.79 Å². The highest BCUT2D eigenvalue weighted by atomic mass is 16.5. The number of guanidine groups is 1. The molecule has 0 aromatic heterocycles. The molecule has 1 aliphatic carbocycles. The zero-order chi connectivity index (χ0) is 18.1. The van der Waals surface area contributed by atoms with Crippen molar-refractivity contribution in [3.63, 3.8) is 0 Å². The maximum atomic E-state index is 11.6. The minimum atomic E-state index is 0.191. The maximum absolute atomic E-state index is 11.6. The van der Waals surface area contributed by atoms with Gasteiger partial charge in [0.25, 0.3) is 0 Å². The van der Waals surface area contributed by atoms with Crippen molar-refractivity contribution in [3.8, 4) is 0 Å². The van der Waals surface area contributed by atoms with Crippen molar-refractivity contribution in [2.75, 3.05) is 52.5 Å². The van der Waals surface area contributed by atoms with Crippen LogP contribution in [-0.2, 0) is 9.53 Å². The number of carbonyl (C=O) groups is 1. The summed E-state index contributed by atoms with van der Waals surface area (Å²) >= 11 is 0. The third kappa shape index (κ3) is 7.20. The lowest BCUT2D eigenvalue weighted by Crippen LogP contribution is -2.48. The summed E-state index contributed by atoms with van der Waals surface area (Å²) in [5, 5.41) is 9.57. The number of morpholine rings is 1. The summed E-state index contributed by atoms with van der Waals surface area (Å²) in [4.78, 5) is 18.9. The van der Waals surface area contributed by atoms with E-state index in [1.54, 1.807) is 0 Å². The van der Waals surface area contributed by atoms with Gasteiger partial charge in [0.2, 0.25) is 5.91 Å². The van der Waals surface area contributed by atoms with Crippen LogP contribution in [0.2, 0.25) is 0 Å². The van der Waals surface area contributed by atoms with Crippen molar-refractivity contribution < 1.29 is 9.53 Å². The van der Waals surface area contributed by atoms with E-state index in [4.69, 9.17) is 9.73 Å². The van der Waals surface area contributed by atoms with Crippen molar-refractivity contribution in [1.29, 1.82) is 0 Å². The van der Waals surface area contributed by atoms with Gasteiger partial charge in [0, 0.05) is 44.7 Å². The molecular formula is C18H35N5O2. The molecule has 3 N–H and O–H groups in total. The number of nitrogens with zero attached hydrogens (tertiary/aromatic N) is 2. The van der Waals surface area contributed by atoms with E-state index >= 15 is 0 Å². The highest BCUT2D eigenvalue weighted by Crippen LogP contribution is 2.28. The van der Waals surface area contributed by atoms with Crippen LogP contribution in [-0.4, -0.2) is 75.3 Å². The van der Waals surface area contributed by atoms with E-state index in [0.29, 0.717) is 25.0 Å². The van der Waals surface area contributed by atoms with Gasteiger partial charge in [0.05, 0.1) is 19.8 Å². The molecule has 0 radical (unpaired) electrons. The van der Waals surface area contributed by atoms with Gasteiger partial charge in [-0.05, 0) is 25.7 Å². The van der Waals surface area contributed by atoms with Gasteiger partial charge < -0.3 is 20.7 Å². The van der Waals surface area contributed by atoms with Crippen LogP contribution in [0.3, 0.4) is 0 Å². The number of carbonyl (C=O) groups excluding carboxylic acids is 1. The molecule has 1 heterocycles. The van der Waals surface area contributed by atoms with Crippen LogP contribution in [0.1, 0.15) is 33.6 Å². The Labute approximate surface area is 152 Å². The number of ether oxygens (including phenoxy) is 1. The highest BCUT2D eigenvalue weighted by Gasteiger charge is 2.29. The fraction of sp³-hybridized carbons (Fsp3) is 0.889. The highest BCUT2D eigenvalue weighted by molar-refractivity contribution is 5.81. The summed E-state index contributed by atoms with van der Waals surface area (Å²) in [6, 6.07) is 0.425. The first-order valence-corrected chi connectivity index (χ1v) is 9.73. The molecule has 7 heteroatoms.